The number of amides is 1. The molecule has 0 spiro atoms. The van der Waals surface area contributed by atoms with E-state index >= 15 is 0 Å². The molecule has 20 heavy (non-hydrogen) atoms. The van der Waals surface area contributed by atoms with Gasteiger partial charge in [-0.15, -0.1) is 0 Å². The predicted molar refractivity (Wildman–Crippen MR) is 76.7 cm³/mol. The van der Waals surface area contributed by atoms with Crippen LogP contribution < -0.4 is 5.32 Å². The number of hydrogen-bond donors (Lipinski definition) is 2. The molecule has 0 aliphatic heterocycles. The van der Waals surface area contributed by atoms with Gasteiger partial charge in [0.25, 0.3) is 5.91 Å². The van der Waals surface area contributed by atoms with Crippen LogP contribution in [0.4, 0.5) is 0 Å². The molecule has 1 aromatic carbocycles. The van der Waals surface area contributed by atoms with Crippen LogP contribution in [0, 0.1) is 5.92 Å². The Morgan fingerprint density at radius 3 is 2.75 bits per heavy atom. The molecule has 0 bridgehead atoms. The van der Waals surface area contributed by atoms with Crippen molar-refractivity contribution < 1.29 is 9.90 Å². The first-order valence-electron chi connectivity index (χ1n) is 6.64. The fourth-order valence-electron chi connectivity index (χ4n) is 1.86. The zero-order valence-electron chi connectivity index (χ0n) is 11.7. The second-order valence-corrected chi connectivity index (χ2v) is 4.89. The lowest BCUT2D eigenvalue weighted by Gasteiger charge is -2.20. The first-order chi connectivity index (χ1) is 9.63. The van der Waals surface area contributed by atoms with Crippen molar-refractivity contribution in [3.63, 3.8) is 0 Å². The van der Waals surface area contributed by atoms with E-state index in [0.29, 0.717) is 5.56 Å². The third-order valence-corrected chi connectivity index (χ3v) is 3.40. The number of nitrogens with zero attached hydrogens (tertiary/aromatic N) is 2. The van der Waals surface area contributed by atoms with Crippen LogP contribution in [-0.4, -0.2) is 33.4 Å². The number of carbonyl (C=O) groups excluding carboxylic acids is 1. The van der Waals surface area contributed by atoms with E-state index in [1.807, 2.05) is 38.1 Å². The van der Waals surface area contributed by atoms with Crippen molar-refractivity contribution in [2.75, 3.05) is 6.61 Å². The summed E-state index contributed by atoms with van der Waals surface area (Å²) in [5.74, 6) is -0.153. The van der Waals surface area contributed by atoms with Crippen LogP contribution in [0.5, 0.6) is 0 Å². The SMILES string of the molecule is CC(CO)C(C)NC(=O)c1ccccc1-n1cccn1. The average molecular weight is 273 g/mol. The Balaban J connectivity index is 2.23. The summed E-state index contributed by atoms with van der Waals surface area (Å²) in [5.41, 5.74) is 1.30. The van der Waals surface area contributed by atoms with Gasteiger partial charge in [0.05, 0.1) is 11.3 Å². The maximum atomic E-state index is 12.4. The van der Waals surface area contributed by atoms with E-state index in [0.717, 1.165) is 5.69 Å². The zero-order chi connectivity index (χ0) is 14.5. The summed E-state index contributed by atoms with van der Waals surface area (Å²) in [6.45, 7) is 3.82. The van der Waals surface area contributed by atoms with Crippen molar-refractivity contribution in [1.29, 1.82) is 0 Å². The Hall–Kier alpha value is -2.14. The van der Waals surface area contributed by atoms with E-state index in [2.05, 4.69) is 10.4 Å². The Bertz CT molecular complexity index is 566. The summed E-state index contributed by atoms with van der Waals surface area (Å²) < 4.78 is 1.66. The molecular formula is C15H19N3O2. The van der Waals surface area contributed by atoms with E-state index in [1.165, 1.54) is 0 Å². The van der Waals surface area contributed by atoms with Crippen molar-refractivity contribution >= 4 is 5.91 Å². The molecule has 1 aromatic heterocycles. The van der Waals surface area contributed by atoms with Crippen LogP contribution in [0.1, 0.15) is 24.2 Å². The zero-order valence-corrected chi connectivity index (χ0v) is 11.7. The van der Waals surface area contributed by atoms with Crippen molar-refractivity contribution in [3.8, 4) is 5.69 Å². The molecule has 0 radical (unpaired) electrons. The highest BCUT2D eigenvalue weighted by Gasteiger charge is 2.17. The van der Waals surface area contributed by atoms with Gasteiger partial charge in [-0.2, -0.15) is 5.10 Å². The van der Waals surface area contributed by atoms with Gasteiger partial charge < -0.3 is 10.4 Å². The maximum absolute atomic E-state index is 12.4. The number of benzene rings is 1. The molecule has 1 heterocycles. The molecule has 0 saturated heterocycles. The highest BCUT2D eigenvalue weighted by Crippen LogP contribution is 2.14. The predicted octanol–water partition coefficient (Wildman–Crippen LogP) is 1.62. The van der Waals surface area contributed by atoms with Crippen LogP contribution >= 0.6 is 0 Å². The number of para-hydroxylation sites is 1. The number of aliphatic hydroxyl groups excluding tert-OH is 1. The molecular weight excluding hydrogens is 254 g/mol. The third-order valence-electron chi connectivity index (χ3n) is 3.40. The van der Waals surface area contributed by atoms with Gasteiger partial charge in [-0.3, -0.25) is 4.79 Å². The molecule has 0 fully saturated rings. The minimum Gasteiger partial charge on any atom is -0.396 e. The normalized spacial score (nSPS) is 13.8. The van der Waals surface area contributed by atoms with Crippen LogP contribution in [0.2, 0.25) is 0 Å². The van der Waals surface area contributed by atoms with Crippen LogP contribution in [0.3, 0.4) is 0 Å². The molecule has 0 aliphatic carbocycles. The first kappa shape index (κ1) is 14.3. The lowest BCUT2D eigenvalue weighted by Crippen LogP contribution is -2.38. The molecule has 2 unspecified atom stereocenters. The van der Waals surface area contributed by atoms with E-state index < -0.39 is 0 Å². The third kappa shape index (κ3) is 3.05. The average Bonchev–Trinajstić information content (AvgIpc) is 3.00. The molecule has 2 aromatic rings. The fourth-order valence-corrected chi connectivity index (χ4v) is 1.86. The molecule has 2 rings (SSSR count). The quantitative estimate of drug-likeness (QED) is 0.870. The van der Waals surface area contributed by atoms with Crippen LogP contribution in [-0.2, 0) is 0 Å². The lowest BCUT2D eigenvalue weighted by molar-refractivity contribution is 0.0916. The Labute approximate surface area is 118 Å². The number of carbonyl (C=O) groups is 1. The van der Waals surface area contributed by atoms with Gasteiger partial charge in [-0.1, -0.05) is 19.1 Å². The van der Waals surface area contributed by atoms with Gasteiger partial charge in [-0.05, 0) is 31.0 Å². The van der Waals surface area contributed by atoms with E-state index in [-0.39, 0.29) is 24.5 Å². The Morgan fingerprint density at radius 2 is 2.10 bits per heavy atom. The molecule has 0 saturated carbocycles. The number of hydrogen-bond acceptors (Lipinski definition) is 3. The second-order valence-electron chi connectivity index (χ2n) is 4.89. The van der Waals surface area contributed by atoms with E-state index in [1.54, 1.807) is 23.1 Å². The van der Waals surface area contributed by atoms with Gasteiger partial charge in [0.2, 0.25) is 0 Å². The molecule has 0 aliphatic rings. The molecule has 2 atom stereocenters. The molecule has 1 amide bonds. The van der Waals surface area contributed by atoms with Crippen LogP contribution in [0.25, 0.3) is 5.69 Å². The number of nitrogens with one attached hydrogen (secondary N) is 1. The van der Waals surface area contributed by atoms with Crippen molar-refractivity contribution in [3.05, 3.63) is 48.3 Å². The standard InChI is InChI=1S/C15H19N3O2/c1-11(10-19)12(2)17-15(20)13-6-3-4-7-14(13)18-9-5-8-16-18/h3-9,11-12,19H,10H2,1-2H3,(H,17,20). The highest BCUT2D eigenvalue weighted by atomic mass is 16.3. The second kappa shape index (κ2) is 6.34. The van der Waals surface area contributed by atoms with E-state index in [4.69, 9.17) is 5.11 Å². The molecule has 5 nitrogen and oxygen atoms in total. The number of aromatic nitrogens is 2. The summed E-state index contributed by atoms with van der Waals surface area (Å²) in [4.78, 5) is 12.4. The van der Waals surface area contributed by atoms with Crippen LogP contribution in [0.15, 0.2) is 42.7 Å². The molecule has 106 valence electrons. The summed E-state index contributed by atoms with van der Waals surface area (Å²) in [6, 6.07) is 9.02. The number of aliphatic hydroxyl groups is 1. The largest absolute Gasteiger partial charge is 0.396 e. The molecule has 5 heteroatoms. The van der Waals surface area contributed by atoms with Gasteiger partial charge in [0.15, 0.2) is 0 Å². The smallest absolute Gasteiger partial charge is 0.253 e. The Kier molecular flexibility index (Phi) is 4.53. The molecule has 2 N–H and O–H groups in total. The fraction of sp³-hybridized carbons (Fsp3) is 0.333. The minimum absolute atomic E-state index is 0.0100. The lowest BCUT2D eigenvalue weighted by atomic mass is 10.0. The minimum atomic E-state index is -0.163. The maximum Gasteiger partial charge on any atom is 0.253 e. The van der Waals surface area contributed by atoms with Gasteiger partial charge in [0.1, 0.15) is 0 Å². The topological polar surface area (TPSA) is 67.2 Å². The van der Waals surface area contributed by atoms with Crippen molar-refractivity contribution in [1.82, 2.24) is 15.1 Å². The monoisotopic (exact) mass is 273 g/mol. The summed E-state index contributed by atoms with van der Waals surface area (Å²) in [6.07, 6.45) is 3.47. The first-order valence-corrected chi connectivity index (χ1v) is 6.64. The van der Waals surface area contributed by atoms with Gasteiger partial charge in [-0.25, -0.2) is 4.68 Å². The van der Waals surface area contributed by atoms with Gasteiger partial charge >= 0.3 is 0 Å². The van der Waals surface area contributed by atoms with Gasteiger partial charge in [0, 0.05) is 25.0 Å². The van der Waals surface area contributed by atoms with Crippen molar-refractivity contribution in [2.45, 2.75) is 19.9 Å². The highest BCUT2D eigenvalue weighted by molar-refractivity contribution is 5.97. The number of rotatable bonds is 5. The summed E-state index contributed by atoms with van der Waals surface area (Å²) in [5, 5.41) is 16.2. The summed E-state index contributed by atoms with van der Waals surface area (Å²) >= 11 is 0. The van der Waals surface area contributed by atoms with Crippen molar-refractivity contribution in [2.24, 2.45) is 5.92 Å². The Morgan fingerprint density at radius 1 is 1.35 bits per heavy atom. The van der Waals surface area contributed by atoms with E-state index in [9.17, 15) is 4.79 Å². The summed E-state index contributed by atoms with van der Waals surface area (Å²) in [7, 11) is 0.